The standard InChI is InChI=1S/C24H18BrClO5/c1-28-21-7-3-15(10-17(21)13-29-22-9-5-18(26)12-19(22)25)2-6-20(27)16-4-8-23-24(11-16)31-14-30-23/h2-12H,13-14H2,1H3/b6-2+. The summed E-state index contributed by atoms with van der Waals surface area (Å²) in [4.78, 5) is 12.6. The van der Waals surface area contributed by atoms with Crippen LogP contribution in [0.15, 0.2) is 65.1 Å². The molecular formula is C24H18BrClO5. The van der Waals surface area contributed by atoms with E-state index in [1.54, 1.807) is 49.6 Å². The van der Waals surface area contributed by atoms with Crippen LogP contribution in [0.25, 0.3) is 6.08 Å². The van der Waals surface area contributed by atoms with Gasteiger partial charge in [-0.2, -0.15) is 0 Å². The molecule has 0 atom stereocenters. The van der Waals surface area contributed by atoms with Gasteiger partial charge in [0.15, 0.2) is 17.3 Å². The van der Waals surface area contributed by atoms with Crippen molar-refractivity contribution in [2.45, 2.75) is 6.61 Å². The zero-order chi connectivity index (χ0) is 21.8. The third kappa shape index (κ3) is 5.03. The minimum absolute atomic E-state index is 0.128. The summed E-state index contributed by atoms with van der Waals surface area (Å²) in [5, 5.41) is 0.621. The number of fused-ring (bicyclic) bond motifs is 1. The first kappa shape index (κ1) is 21.3. The molecular weight excluding hydrogens is 484 g/mol. The minimum Gasteiger partial charge on any atom is -0.496 e. The van der Waals surface area contributed by atoms with Crippen molar-refractivity contribution in [3.8, 4) is 23.0 Å². The maximum absolute atomic E-state index is 12.6. The van der Waals surface area contributed by atoms with Gasteiger partial charge in [-0.3, -0.25) is 4.79 Å². The van der Waals surface area contributed by atoms with Crippen LogP contribution in [0.1, 0.15) is 21.5 Å². The number of ketones is 1. The van der Waals surface area contributed by atoms with E-state index in [4.69, 9.17) is 30.5 Å². The van der Waals surface area contributed by atoms with Crippen LogP contribution in [0.2, 0.25) is 5.02 Å². The van der Waals surface area contributed by atoms with Gasteiger partial charge in [-0.15, -0.1) is 0 Å². The quantitative estimate of drug-likeness (QED) is 0.280. The van der Waals surface area contributed by atoms with Crippen LogP contribution in [-0.4, -0.2) is 19.7 Å². The summed E-state index contributed by atoms with van der Waals surface area (Å²) in [5.41, 5.74) is 2.23. The summed E-state index contributed by atoms with van der Waals surface area (Å²) in [6, 6.07) is 16.1. The second-order valence-electron chi connectivity index (χ2n) is 6.70. The molecule has 1 aliphatic heterocycles. The van der Waals surface area contributed by atoms with Gasteiger partial charge >= 0.3 is 0 Å². The lowest BCUT2D eigenvalue weighted by Gasteiger charge is -2.12. The number of hydrogen-bond donors (Lipinski definition) is 0. The largest absolute Gasteiger partial charge is 0.496 e. The van der Waals surface area contributed by atoms with Crippen LogP contribution in [-0.2, 0) is 6.61 Å². The van der Waals surface area contributed by atoms with Gasteiger partial charge in [-0.05, 0) is 76.1 Å². The van der Waals surface area contributed by atoms with Crippen LogP contribution in [0.4, 0.5) is 0 Å². The van der Waals surface area contributed by atoms with Crippen LogP contribution < -0.4 is 18.9 Å². The van der Waals surface area contributed by atoms with Gasteiger partial charge in [-0.25, -0.2) is 0 Å². The molecule has 3 aromatic rings. The number of carbonyl (C=O) groups excluding carboxylic acids is 1. The van der Waals surface area contributed by atoms with Gasteiger partial charge < -0.3 is 18.9 Å². The van der Waals surface area contributed by atoms with Gasteiger partial charge in [0.1, 0.15) is 18.1 Å². The van der Waals surface area contributed by atoms with Crippen molar-refractivity contribution in [1.82, 2.24) is 0 Å². The Morgan fingerprint density at radius 1 is 1.06 bits per heavy atom. The Morgan fingerprint density at radius 2 is 1.87 bits per heavy atom. The Kier molecular flexibility index (Phi) is 6.49. The van der Waals surface area contributed by atoms with Crippen molar-refractivity contribution in [1.29, 1.82) is 0 Å². The van der Waals surface area contributed by atoms with E-state index in [2.05, 4.69) is 15.9 Å². The van der Waals surface area contributed by atoms with Gasteiger partial charge in [0.2, 0.25) is 6.79 Å². The average molecular weight is 502 g/mol. The molecule has 31 heavy (non-hydrogen) atoms. The van der Waals surface area contributed by atoms with E-state index in [1.807, 2.05) is 18.2 Å². The lowest BCUT2D eigenvalue weighted by Crippen LogP contribution is -2.00. The zero-order valence-corrected chi connectivity index (χ0v) is 18.9. The topological polar surface area (TPSA) is 54.0 Å². The number of ether oxygens (including phenoxy) is 4. The normalized spacial score (nSPS) is 12.2. The third-order valence-corrected chi connectivity index (χ3v) is 5.52. The molecule has 3 aromatic carbocycles. The first-order chi connectivity index (χ1) is 15.0. The summed E-state index contributed by atoms with van der Waals surface area (Å²) in [6.45, 7) is 0.466. The number of allylic oxidation sites excluding steroid dienone is 1. The van der Waals surface area contributed by atoms with Crippen LogP contribution >= 0.6 is 27.5 Å². The molecule has 0 radical (unpaired) electrons. The summed E-state index contributed by atoms with van der Waals surface area (Å²) >= 11 is 9.43. The van der Waals surface area contributed by atoms with Crippen molar-refractivity contribution < 1.29 is 23.7 Å². The molecule has 7 heteroatoms. The van der Waals surface area contributed by atoms with E-state index in [0.29, 0.717) is 40.2 Å². The summed E-state index contributed by atoms with van der Waals surface area (Å²) in [7, 11) is 1.61. The molecule has 0 bridgehead atoms. The van der Waals surface area contributed by atoms with Crippen molar-refractivity contribution in [2.24, 2.45) is 0 Å². The average Bonchev–Trinajstić information content (AvgIpc) is 3.25. The second kappa shape index (κ2) is 9.45. The molecule has 0 aromatic heterocycles. The zero-order valence-electron chi connectivity index (χ0n) is 16.6. The Hall–Kier alpha value is -2.96. The molecule has 4 rings (SSSR count). The fourth-order valence-corrected chi connectivity index (χ4v) is 3.88. The molecule has 1 heterocycles. The predicted octanol–water partition coefficient (Wildman–Crippen LogP) is 6.31. The summed E-state index contributed by atoms with van der Waals surface area (Å²) < 4.78 is 22.7. The second-order valence-corrected chi connectivity index (χ2v) is 7.99. The van der Waals surface area contributed by atoms with Crippen molar-refractivity contribution in [3.05, 3.63) is 86.9 Å². The van der Waals surface area contributed by atoms with Crippen molar-refractivity contribution in [3.63, 3.8) is 0 Å². The van der Waals surface area contributed by atoms with E-state index in [1.165, 1.54) is 6.08 Å². The molecule has 158 valence electrons. The monoisotopic (exact) mass is 500 g/mol. The fourth-order valence-electron chi connectivity index (χ4n) is 3.08. The van der Waals surface area contributed by atoms with E-state index in [-0.39, 0.29) is 12.6 Å². The van der Waals surface area contributed by atoms with E-state index >= 15 is 0 Å². The first-order valence-corrected chi connectivity index (χ1v) is 10.6. The SMILES string of the molecule is COc1ccc(/C=C/C(=O)c2ccc3c(c2)OCO3)cc1COc1ccc(Cl)cc1Br. The van der Waals surface area contributed by atoms with Crippen LogP contribution in [0.3, 0.4) is 0 Å². The van der Waals surface area contributed by atoms with Crippen molar-refractivity contribution in [2.75, 3.05) is 13.9 Å². The summed E-state index contributed by atoms with van der Waals surface area (Å²) in [5.74, 6) is 2.47. The molecule has 5 nitrogen and oxygen atoms in total. The number of benzene rings is 3. The third-order valence-electron chi connectivity index (χ3n) is 4.67. The Bertz CT molecular complexity index is 1160. The molecule has 0 aliphatic carbocycles. The van der Waals surface area contributed by atoms with E-state index in [9.17, 15) is 4.79 Å². The van der Waals surface area contributed by atoms with Gasteiger partial charge in [0, 0.05) is 16.1 Å². The molecule has 0 unspecified atom stereocenters. The Morgan fingerprint density at radius 3 is 2.68 bits per heavy atom. The molecule has 0 fully saturated rings. The minimum atomic E-state index is -0.128. The number of halogens is 2. The predicted molar refractivity (Wildman–Crippen MR) is 122 cm³/mol. The highest BCUT2D eigenvalue weighted by atomic mass is 79.9. The number of methoxy groups -OCH3 is 1. The van der Waals surface area contributed by atoms with Gasteiger partial charge in [-0.1, -0.05) is 23.7 Å². The maximum atomic E-state index is 12.6. The van der Waals surface area contributed by atoms with Crippen molar-refractivity contribution >= 4 is 39.4 Å². The van der Waals surface area contributed by atoms with Gasteiger partial charge in [0.25, 0.3) is 0 Å². The lowest BCUT2D eigenvalue weighted by molar-refractivity contribution is 0.104. The highest BCUT2D eigenvalue weighted by Crippen LogP contribution is 2.33. The molecule has 0 N–H and O–H groups in total. The molecule has 0 amide bonds. The van der Waals surface area contributed by atoms with E-state index in [0.717, 1.165) is 15.6 Å². The fraction of sp³-hybridized carbons (Fsp3) is 0.125. The molecule has 1 aliphatic rings. The van der Waals surface area contributed by atoms with Crippen LogP contribution in [0.5, 0.6) is 23.0 Å². The Balaban J connectivity index is 1.49. The highest BCUT2D eigenvalue weighted by Gasteiger charge is 2.15. The highest BCUT2D eigenvalue weighted by molar-refractivity contribution is 9.10. The lowest BCUT2D eigenvalue weighted by atomic mass is 10.1. The molecule has 0 saturated carbocycles. The number of carbonyl (C=O) groups is 1. The van der Waals surface area contributed by atoms with E-state index < -0.39 is 0 Å². The number of hydrogen-bond acceptors (Lipinski definition) is 5. The Labute approximate surface area is 193 Å². The van der Waals surface area contributed by atoms with Crippen LogP contribution in [0, 0.1) is 0 Å². The number of rotatable bonds is 7. The molecule has 0 saturated heterocycles. The summed E-state index contributed by atoms with van der Waals surface area (Å²) in [6.07, 6.45) is 3.29. The molecule has 0 spiro atoms. The van der Waals surface area contributed by atoms with Gasteiger partial charge in [0.05, 0.1) is 11.6 Å². The maximum Gasteiger partial charge on any atom is 0.231 e. The smallest absolute Gasteiger partial charge is 0.231 e. The first-order valence-electron chi connectivity index (χ1n) is 9.40.